The minimum atomic E-state index is -0.0718. The summed E-state index contributed by atoms with van der Waals surface area (Å²) in [5.41, 5.74) is 1.28. The number of ketones is 1. The van der Waals surface area contributed by atoms with Crippen LogP contribution in [0.15, 0.2) is 30.4 Å². The summed E-state index contributed by atoms with van der Waals surface area (Å²) in [5, 5.41) is 0.799. The van der Waals surface area contributed by atoms with Gasteiger partial charge in [-0.15, -0.1) is 0 Å². The van der Waals surface area contributed by atoms with Crippen LogP contribution < -0.4 is 0 Å². The van der Waals surface area contributed by atoms with E-state index in [-0.39, 0.29) is 5.78 Å². The van der Waals surface area contributed by atoms with Crippen molar-refractivity contribution in [1.29, 1.82) is 0 Å². The highest BCUT2D eigenvalue weighted by Crippen LogP contribution is 2.26. The number of halogens is 2. The van der Waals surface area contributed by atoms with Crippen LogP contribution in [-0.4, -0.2) is 5.78 Å². The Morgan fingerprint density at radius 3 is 2.33 bits per heavy atom. The van der Waals surface area contributed by atoms with Gasteiger partial charge < -0.3 is 0 Å². The SMILES string of the molecule is C=C(CC)CC(=O)c1c(Cl)cccc1Cl. The standard InChI is InChI=1S/C12H12Cl2O/c1-3-8(2)7-11(15)12-9(13)5-4-6-10(12)14/h4-6H,2-3,7H2,1H3. The van der Waals surface area contributed by atoms with Gasteiger partial charge in [-0.1, -0.05) is 48.3 Å². The van der Waals surface area contributed by atoms with Crippen molar-refractivity contribution in [3.05, 3.63) is 46.0 Å². The lowest BCUT2D eigenvalue weighted by atomic mass is 10.0. The summed E-state index contributed by atoms with van der Waals surface area (Å²) >= 11 is 11.8. The molecule has 80 valence electrons. The van der Waals surface area contributed by atoms with Gasteiger partial charge >= 0.3 is 0 Å². The average Bonchev–Trinajstić information content (AvgIpc) is 2.17. The number of hydrogen-bond acceptors (Lipinski definition) is 1. The molecule has 0 atom stereocenters. The van der Waals surface area contributed by atoms with E-state index in [0.717, 1.165) is 12.0 Å². The fraction of sp³-hybridized carbons (Fsp3) is 0.250. The average molecular weight is 243 g/mol. The van der Waals surface area contributed by atoms with Gasteiger partial charge in [-0.25, -0.2) is 0 Å². The van der Waals surface area contributed by atoms with E-state index in [1.165, 1.54) is 0 Å². The predicted molar refractivity (Wildman–Crippen MR) is 64.8 cm³/mol. The van der Waals surface area contributed by atoms with E-state index < -0.39 is 0 Å². The maximum absolute atomic E-state index is 11.8. The van der Waals surface area contributed by atoms with Crippen LogP contribution in [0.1, 0.15) is 30.1 Å². The van der Waals surface area contributed by atoms with Gasteiger partial charge in [0.25, 0.3) is 0 Å². The zero-order valence-corrected chi connectivity index (χ0v) is 10.0. The quantitative estimate of drug-likeness (QED) is 0.560. The minimum absolute atomic E-state index is 0.0718. The van der Waals surface area contributed by atoms with Crippen LogP contribution in [0.5, 0.6) is 0 Å². The molecule has 0 unspecified atom stereocenters. The van der Waals surface area contributed by atoms with Gasteiger partial charge in [-0.05, 0) is 18.6 Å². The highest BCUT2D eigenvalue weighted by molar-refractivity contribution is 6.39. The number of allylic oxidation sites excluding steroid dienone is 1. The largest absolute Gasteiger partial charge is 0.294 e. The molecule has 0 amide bonds. The molecule has 1 aromatic carbocycles. The number of benzene rings is 1. The summed E-state index contributed by atoms with van der Waals surface area (Å²) in [7, 11) is 0. The van der Waals surface area contributed by atoms with E-state index >= 15 is 0 Å². The Kier molecular flexibility index (Phi) is 4.37. The van der Waals surface area contributed by atoms with E-state index in [0.29, 0.717) is 22.0 Å². The van der Waals surface area contributed by atoms with E-state index in [2.05, 4.69) is 6.58 Å². The Bertz CT molecular complexity index is 376. The van der Waals surface area contributed by atoms with Crippen molar-refractivity contribution < 1.29 is 4.79 Å². The van der Waals surface area contributed by atoms with Crippen LogP contribution in [0.3, 0.4) is 0 Å². The van der Waals surface area contributed by atoms with Gasteiger partial charge in [0.2, 0.25) is 0 Å². The molecule has 0 bridgehead atoms. The lowest BCUT2D eigenvalue weighted by molar-refractivity contribution is 0.0992. The second-order valence-corrected chi connectivity index (χ2v) is 4.11. The van der Waals surface area contributed by atoms with Crippen molar-refractivity contribution in [3.63, 3.8) is 0 Å². The summed E-state index contributed by atoms with van der Waals surface area (Å²) in [6.07, 6.45) is 1.09. The molecule has 0 saturated carbocycles. The monoisotopic (exact) mass is 242 g/mol. The minimum Gasteiger partial charge on any atom is -0.294 e. The van der Waals surface area contributed by atoms with Crippen LogP contribution in [0, 0.1) is 0 Å². The summed E-state index contributed by atoms with van der Waals surface area (Å²) in [6, 6.07) is 5.04. The van der Waals surface area contributed by atoms with Crippen LogP contribution in [-0.2, 0) is 0 Å². The van der Waals surface area contributed by atoms with Crippen LogP contribution in [0.2, 0.25) is 10.0 Å². The Morgan fingerprint density at radius 1 is 1.33 bits per heavy atom. The number of rotatable bonds is 4. The second kappa shape index (κ2) is 5.34. The number of Topliss-reactive ketones (excluding diaryl/α,β-unsaturated/α-hetero) is 1. The fourth-order valence-electron chi connectivity index (χ4n) is 1.20. The smallest absolute Gasteiger partial charge is 0.169 e. The van der Waals surface area contributed by atoms with E-state index in [9.17, 15) is 4.79 Å². The highest BCUT2D eigenvalue weighted by Gasteiger charge is 2.14. The molecule has 0 spiro atoms. The van der Waals surface area contributed by atoms with Crippen LogP contribution in [0.25, 0.3) is 0 Å². The second-order valence-electron chi connectivity index (χ2n) is 3.30. The third-order valence-corrected chi connectivity index (χ3v) is 2.78. The molecule has 0 N–H and O–H groups in total. The first-order chi connectivity index (χ1) is 7.06. The van der Waals surface area contributed by atoms with Gasteiger partial charge in [-0.2, -0.15) is 0 Å². The maximum Gasteiger partial charge on any atom is 0.169 e. The van der Waals surface area contributed by atoms with Crippen molar-refractivity contribution in [2.45, 2.75) is 19.8 Å². The molecule has 15 heavy (non-hydrogen) atoms. The molecule has 0 aliphatic heterocycles. The zero-order valence-electron chi connectivity index (χ0n) is 8.52. The predicted octanol–water partition coefficient (Wildman–Crippen LogP) is 4.53. The molecule has 1 rings (SSSR count). The maximum atomic E-state index is 11.8. The van der Waals surface area contributed by atoms with Crippen molar-refractivity contribution in [3.8, 4) is 0 Å². The summed E-state index contributed by atoms with van der Waals surface area (Å²) in [6.45, 7) is 5.75. The molecule has 0 fully saturated rings. The fourth-order valence-corrected chi connectivity index (χ4v) is 1.81. The van der Waals surface area contributed by atoms with E-state index in [4.69, 9.17) is 23.2 Å². The molecule has 0 radical (unpaired) electrons. The summed E-state index contributed by atoms with van der Waals surface area (Å²) in [5.74, 6) is -0.0718. The first-order valence-corrected chi connectivity index (χ1v) is 5.45. The molecule has 0 aliphatic carbocycles. The molecule has 3 heteroatoms. The normalized spacial score (nSPS) is 10.1. The van der Waals surface area contributed by atoms with Gasteiger partial charge in [0.15, 0.2) is 5.78 Å². The first-order valence-electron chi connectivity index (χ1n) is 4.70. The molecule has 1 aromatic rings. The number of carbonyl (C=O) groups excluding carboxylic acids is 1. The number of carbonyl (C=O) groups is 1. The van der Waals surface area contributed by atoms with Crippen molar-refractivity contribution in [2.75, 3.05) is 0 Å². The lowest BCUT2D eigenvalue weighted by Gasteiger charge is -2.06. The summed E-state index contributed by atoms with van der Waals surface area (Å²) < 4.78 is 0. The van der Waals surface area contributed by atoms with Crippen LogP contribution in [0.4, 0.5) is 0 Å². The third kappa shape index (κ3) is 3.08. The van der Waals surface area contributed by atoms with Gasteiger partial charge in [-0.3, -0.25) is 4.79 Å². The molecule has 1 nitrogen and oxygen atoms in total. The van der Waals surface area contributed by atoms with Gasteiger partial charge in [0, 0.05) is 6.42 Å². The Hall–Kier alpha value is -0.790. The highest BCUT2D eigenvalue weighted by atomic mass is 35.5. The Balaban J connectivity index is 2.96. The van der Waals surface area contributed by atoms with E-state index in [1.807, 2.05) is 6.92 Å². The molecular weight excluding hydrogens is 231 g/mol. The van der Waals surface area contributed by atoms with Crippen molar-refractivity contribution >= 4 is 29.0 Å². The Morgan fingerprint density at radius 2 is 1.87 bits per heavy atom. The van der Waals surface area contributed by atoms with Crippen molar-refractivity contribution in [1.82, 2.24) is 0 Å². The molecule has 0 heterocycles. The van der Waals surface area contributed by atoms with E-state index in [1.54, 1.807) is 18.2 Å². The van der Waals surface area contributed by atoms with Gasteiger partial charge in [0.05, 0.1) is 15.6 Å². The van der Waals surface area contributed by atoms with Crippen molar-refractivity contribution in [2.24, 2.45) is 0 Å². The molecular formula is C12H12Cl2O. The molecule has 0 aromatic heterocycles. The topological polar surface area (TPSA) is 17.1 Å². The number of hydrogen-bond donors (Lipinski definition) is 0. The first kappa shape index (κ1) is 12.3. The zero-order chi connectivity index (χ0) is 11.4. The van der Waals surface area contributed by atoms with Gasteiger partial charge in [0.1, 0.15) is 0 Å². The molecule has 0 aliphatic rings. The lowest BCUT2D eigenvalue weighted by Crippen LogP contribution is -2.02. The summed E-state index contributed by atoms with van der Waals surface area (Å²) in [4.78, 5) is 11.8. The van der Waals surface area contributed by atoms with Crippen LogP contribution >= 0.6 is 23.2 Å². The Labute approximate surface area is 99.7 Å². The third-order valence-electron chi connectivity index (χ3n) is 2.15. The molecule has 0 saturated heterocycles.